The van der Waals surface area contributed by atoms with Crippen molar-refractivity contribution in [1.82, 2.24) is 4.90 Å². The summed E-state index contributed by atoms with van der Waals surface area (Å²) in [6.45, 7) is 6.40. The number of nitro benzene ring substituents is 1. The molecule has 0 aliphatic heterocycles. The molecule has 2 atom stereocenters. The molecule has 1 amide bonds. The number of nitrogens with zero attached hydrogens (tertiary/aromatic N) is 2. The number of halogens is 2. The highest BCUT2D eigenvalue weighted by Crippen LogP contribution is 2.47. The van der Waals surface area contributed by atoms with E-state index in [2.05, 4.69) is 26.8 Å². The van der Waals surface area contributed by atoms with Crippen molar-refractivity contribution in [1.29, 1.82) is 0 Å². The second-order valence-electron chi connectivity index (χ2n) is 10.2. The number of carboxylic acid groups (broad SMARTS) is 1. The summed E-state index contributed by atoms with van der Waals surface area (Å²) in [6.07, 6.45) is -0.441. The summed E-state index contributed by atoms with van der Waals surface area (Å²) in [5.41, 5.74) is 6.46. The van der Waals surface area contributed by atoms with Gasteiger partial charge in [-0.2, -0.15) is 0 Å². The Kier molecular flexibility index (Phi) is 6.77. The van der Waals surface area contributed by atoms with Gasteiger partial charge in [0.15, 0.2) is 17.3 Å². The molecule has 1 aliphatic rings. The van der Waals surface area contributed by atoms with Crippen LogP contribution in [0.15, 0.2) is 54.6 Å². The van der Waals surface area contributed by atoms with Crippen LogP contribution in [0.25, 0.3) is 0 Å². The van der Waals surface area contributed by atoms with Crippen LogP contribution in [0.2, 0.25) is 0 Å². The van der Waals surface area contributed by atoms with Crippen molar-refractivity contribution in [2.45, 2.75) is 45.7 Å². The summed E-state index contributed by atoms with van der Waals surface area (Å²) in [5.74, 6) is -3.45. The number of hydrogen-bond acceptors (Lipinski definition) is 5. The Morgan fingerprint density at radius 1 is 1.19 bits per heavy atom. The molecule has 0 spiro atoms. The number of nitrogen functional groups attached to an aromatic ring is 1. The van der Waals surface area contributed by atoms with Gasteiger partial charge in [0.1, 0.15) is 5.75 Å². The van der Waals surface area contributed by atoms with Crippen LogP contribution >= 0.6 is 0 Å². The molecule has 3 aromatic carbocycles. The first kappa shape index (κ1) is 25.9. The van der Waals surface area contributed by atoms with E-state index in [0.29, 0.717) is 18.1 Å². The summed E-state index contributed by atoms with van der Waals surface area (Å²) in [7, 11) is 0. The van der Waals surface area contributed by atoms with Crippen LogP contribution in [0.1, 0.15) is 43.4 Å². The molecular formula is C27H27F2N3O5. The zero-order chi connectivity index (χ0) is 27.1. The quantitative estimate of drug-likeness (QED) is 0.222. The van der Waals surface area contributed by atoms with Gasteiger partial charge >= 0.3 is 6.09 Å². The zero-order valence-electron chi connectivity index (χ0n) is 20.6. The Labute approximate surface area is 212 Å². The predicted molar refractivity (Wildman–Crippen MR) is 134 cm³/mol. The third kappa shape index (κ3) is 5.04. The highest BCUT2D eigenvalue weighted by Gasteiger charge is 2.44. The zero-order valence-corrected chi connectivity index (χ0v) is 20.6. The fourth-order valence-corrected chi connectivity index (χ4v) is 5.06. The van der Waals surface area contributed by atoms with Gasteiger partial charge in [0.25, 0.3) is 5.69 Å². The molecule has 4 rings (SSSR count). The SMILES string of the molecule is CC(C)(C)C1c2ccccc2CC1N(Cc1ccc(Oc2c(F)cc([N+](=O)[O-])c(N)c2F)cc1)C(=O)O. The molecule has 3 aromatic rings. The van der Waals surface area contributed by atoms with Crippen LogP contribution in [0, 0.1) is 27.2 Å². The average Bonchev–Trinajstić information content (AvgIpc) is 3.22. The minimum atomic E-state index is -1.37. The lowest BCUT2D eigenvalue weighted by atomic mass is 9.75. The number of fused-ring (bicyclic) bond motifs is 1. The van der Waals surface area contributed by atoms with Crippen molar-refractivity contribution in [3.05, 3.63) is 93.0 Å². The molecule has 0 saturated carbocycles. The van der Waals surface area contributed by atoms with E-state index in [9.17, 15) is 28.8 Å². The molecule has 0 fully saturated rings. The Morgan fingerprint density at radius 3 is 2.43 bits per heavy atom. The van der Waals surface area contributed by atoms with E-state index < -0.39 is 39.8 Å². The molecular weight excluding hydrogens is 484 g/mol. The van der Waals surface area contributed by atoms with Crippen molar-refractivity contribution in [2.24, 2.45) is 5.41 Å². The Hall–Kier alpha value is -4.21. The number of hydrogen-bond donors (Lipinski definition) is 2. The number of carbonyl (C=O) groups is 1. The van der Waals surface area contributed by atoms with E-state index in [1.54, 1.807) is 12.1 Å². The number of nitro groups is 1. The number of nitrogens with two attached hydrogens (primary N) is 1. The van der Waals surface area contributed by atoms with Gasteiger partial charge in [-0.25, -0.2) is 13.6 Å². The topological polar surface area (TPSA) is 119 Å². The van der Waals surface area contributed by atoms with Crippen molar-refractivity contribution < 1.29 is 28.3 Å². The van der Waals surface area contributed by atoms with Gasteiger partial charge in [0.2, 0.25) is 5.75 Å². The fraction of sp³-hybridized carbons (Fsp3) is 0.296. The van der Waals surface area contributed by atoms with Crippen molar-refractivity contribution in [3.8, 4) is 11.5 Å². The highest BCUT2D eigenvalue weighted by atomic mass is 19.1. The molecule has 8 nitrogen and oxygen atoms in total. The first-order valence-electron chi connectivity index (χ1n) is 11.6. The van der Waals surface area contributed by atoms with Gasteiger partial charge in [-0.15, -0.1) is 0 Å². The maximum atomic E-state index is 14.5. The predicted octanol–water partition coefficient (Wildman–Crippen LogP) is 6.48. The van der Waals surface area contributed by atoms with E-state index in [1.165, 1.54) is 17.0 Å². The molecule has 0 saturated heterocycles. The first-order valence-corrected chi connectivity index (χ1v) is 11.6. The van der Waals surface area contributed by atoms with Crippen LogP contribution in [0.3, 0.4) is 0 Å². The molecule has 2 unspecified atom stereocenters. The summed E-state index contributed by atoms with van der Waals surface area (Å²) in [4.78, 5) is 23.7. The van der Waals surface area contributed by atoms with Gasteiger partial charge in [0, 0.05) is 18.5 Å². The third-order valence-corrected chi connectivity index (χ3v) is 6.67. The maximum absolute atomic E-state index is 14.5. The molecule has 0 radical (unpaired) electrons. The lowest BCUT2D eigenvalue weighted by molar-refractivity contribution is -0.384. The van der Waals surface area contributed by atoms with Gasteiger partial charge in [-0.3, -0.25) is 10.1 Å². The van der Waals surface area contributed by atoms with Gasteiger partial charge in [-0.05, 0) is 40.7 Å². The molecule has 0 heterocycles. The fourth-order valence-electron chi connectivity index (χ4n) is 5.06. The lowest BCUT2D eigenvalue weighted by Crippen LogP contribution is -2.44. The summed E-state index contributed by atoms with van der Waals surface area (Å²) >= 11 is 0. The lowest BCUT2D eigenvalue weighted by Gasteiger charge is -2.38. The van der Waals surface area contributed by atoms with E-state index >= 15 is 0 Å². The Morgan fingerprint density at radius 2 is 1.84 bits per heavy atom. The van der Waals surface area contributed by atoms with Crippen LogP contribution < -0.4 is 10.5 Å². The Balaban J connectivity index is 1.56. The number of rotatable bonds is 6. The minimum absolute atomic E-state index is 0.000882. The number of anilines is 1. The second-order valence-corrected chi connectivity index (χ2v) is 10.2. The molecule has 0 aromatic heterocycles. The number of amides is 1. The van der Waals surface area contributed by atoms with Gasteiger partial charge < -0.3 is 20.5 Å². The van der Waals surface area contributed by atoms with Crippen LogP contribution in [0.4, 0.5) is 25.0 Å². The molecule has 1 aliphatic carbocycles. The molecule has 37 heavy (non-hydrogen) atoms. The minimum Gasteiger partial charge on any atom is -0.465 e. The standard InChI is InChI=1S/C27H27F2N3O5/c1-27(2,3)22-18-7-5-4-6-16(18)12-20(22)31(26(33)34)14-15-8-10-17(11-9-15)37-25-19(28)13-21(32(35)36)24(30)23(25)29/h4-11,13,20,22H,12,14,30H2,1-3H3,(H,33,34). The molecule has 10 heteroatoms. The number of benzene rings is 3. The van der Waals surface area contributed by atoms with E-state index in [0.717, 1.165) is 11.1 Å². The average molecular weight is 512 g/mol. The van der Waals surface area contributed by atoms with Crippen LogP contribution in [-0.4, -0.2) is 27.1 Å². The first-order chi connectivity index (χ1) is 17.4. The monoisotopic (exact) mass is 511 g/mol. The van der Waals surface area contributed by atoms with Crippen molar-refractivity contribution >= 4 is 17.5 Å². The van der Waals surface area contributed by atoms with E-state index in [-0.39, 0.29) is 29.7 Å². The van der Waals surface area contributed by atoms with E-state index in [1.807, 2.05) is 18.2 Å². The molecule has 3 N–H and O–H groups in total. The Bertz CT molecular complexity index is 1360. The van der Waals surface area contributed by atoms with Gasteiger partial charge in [-0.1, -0.05) is 57.2 Å². The largest absolute Gasteiger partial charge is 0.465 e. The third-order valence-electron chi connectivity index (χ3n) is 6.67. The summed E-state index contributed by atoms with van der Waals surface area (Å²) in [6, 6.07) is 14.3. The molecule has 194 valence electrons. The summed E-state index contributed by atoms with van der Waals surface area (Å²) in [5, 5.41) is 21.0. The van der Waals surface area contributed by atoms with Crippen LogP contribution in [-0.2, 0) is 13.0 Å². The van der Waals surface area contributed by atoms with Crippen molar-refractivity contribution in [3.63, 3.8) is 0 Å². The second kappa shape index (κ2) is 9.68. The van der Waals surface area contributed by atoms with E-state index in [4.69, 9.17) is 10.5 Å². The summed E-state index contributed by atoms with van der Waals surface area (Å²) < 4.78 is 34.0. The number of ether oxygens (including phenoxy) is 1. The van der Waals surface area contributed by atoms with Gasteiger partial charge in [0.05, 0.1) is 11.0 Å². The highest BCUT2D eigenvalue weighted by molar-refractivity contribution is 5.66. The maximum Gasteiger partial charge on any atom is 0.407 e. The van der Waals surface area contributed by atoms with Crippen molar-refractivity contribution in [2.75, 3.05) is 5.73 Å². The molecule has 0 bridgehead atoms. The van der Waals surface area contributed by atoms with Crippen LogP contribution in [0.5, 0.6) is 11.5 Å². The normalized spacial score (nSPS) is 16.8. The smallest absolute Gasteiger partial charge is 0.407 e.